The standard InChI is InChI=1S/C11H22N2O2.CH2O/c1-15-8-10(12)11(14)13-7-9-5-3-2-4-6-9;1-2/h9-10H,2-8,12H2,1H3,(H,13,14);1H2. The first-order chi connectivity index (χ1) is 8.24. The van der Waals surface area contributed by atoms with E-state index in [1.54, 1.807) is 7.11 Å². The van der Waals surface area contributed by atoms with Crippen LogP contribution < -0.4 is 11.1 Å². The van der Waals surface area contributed by atoms with Gasteiger partial charge in [-0.05, 0) is 18.8 Å². The maximum atomic E-state index is 11.5. The van der Waals surface area contributed by atoms with Crippen molar-refractivity contribution in [2.75, 3.05) is 20.3 Å². The van der Waals surface area contributed by atoms with Crippen molar-refractivity contribution in [2.24, 2.45) is 11.7 Å². The summed E-state index contributed by atoms with van der Waals surface area (Å²) in [7, 11) is 1.55. The predicted molar refractivity (Wildman–Crippen MR) is 66.6 cm³/mol. The van der Waals surface area contributed by atoms with Gasteiger partial charge in [0.25, 0.3) is 0 Å². The molecule has 1 unspecified atom stereocenters. The summed E-state index contributed by atoms with van der Waals surface area (Å²) in [5.41, 5.74) is 5.61. The Morgan fingerprint density at radius 2 is 2.00 bits per heavy atom. The van der Waals surface area contributed by atoms with Crippen LogP contribution in [-0.2, 0) is 14.3 Å². The van der Waals surface area contributed by atoms with Gasteiger partial charge >= 0.3 is 0 Å². The first-order valence-corrected chi connectivity index (χ1v) is 6.05. The summed E-state index contributed by atoms with van der Waals surface area (Å²) in [6.45, 7) is 3.06. The lowest BCUT2D eigenvalue weighted by atomic mass is 9.89. The smallest absolute Gasteiger partial charge is 0.239 e. The average molecular weight is 244 g/mol. The van der Waals surface area contributed by atoms with Gasteiger partial charge in [0.05, 0.1) is 6.61 Å². The van der Waals surface area contributed by atoms with Gasteiger partial charge in [0.2, 0.25) is 5.91 Å². The highest BCUT2D eigenvalue weighted by molar-refractivity contribution is 5.81. The largest absolute Gasteiger partial charge is 0.383 e. The zero-order valence-corrected chi connectivity index (χ0v) is 10.6. The van der Waals surface area contributed by atoms with Crippen molar-refractivity contribution in [1.82, 2.24) is 5.32 Å². The molecule has 1 aliphatic rings. The molecule has 0 aromatic rings. The van der Waals surface area contributed by atoms with Crippen LogP contribution in [0.15, 0.2) is 0 Å². The Morgan fingerprint density at radius 3 is 2.53 bits per heavy atom. The van der Waals surface area contributed by atoms with Crippen molar-refractivity contribution in [3.8, 4) is 0 Å². The molecule has 0 bridgehead atoms. The van der Waals surface area contributed by atoms with Gasteiger partial charge in [-0.2, -0.15) is 0 Å². The summed E-state index contributed by atoms with van der Waals surface area (Å²) >= 11 is 0. The second kappa shape index (κ2) is 10.2. The van der Waals surface area contributed by atoms with E-state index in [-0.39, 0.29) is 12.5 Å². The molecule has 1 aliphatic carbocycles. The van der Waals surface area contributed by atoms with E-state index >= 15 is 0 Å². The summed E-state index contributed by atoms with van der Waals surface area (Å²) in [4.78, 5) is 19.5. The minimum Gasteiger partial charge on any atom is -0.383 e. The Morgan fingerprint density at radius 1 is 1.41 bits per heavy atom. The summed E-state index contributed by atoms with van der Waals surface area (Å²) < 4.78 is 4.83. The second-order valence-electron chi connectivity index (χ2n) is 4.31. The van der Waals surface area contributed by atoms with Crippen LogP contribution in [0.2, 0.25) is 0 Å². The van der Waals surface area contributed by atoms with Crippen molar-refractivity contribution in [1.29, 1.82) is 0 Å². The Bertz CT molecular complexity index is 206. The average Bonchev–Trinajstić information content (AvgIpc) is 2.40. The number of methoxy groups -OCH3 is 1. The fourth-order valence-corrected chi connectivity index (χ4v) is 2.02. The zero-order chi connectivity index (χ0) is 13.1. The molecule has 1 rings (SSSR count). The molecule has 0 aromatic carbocycles. The highest BCUT2D eigenvalue weighted by Gasteiger charge is 2.17. The molecular formula is C12H24N2O3. The Balaban J connectivity index is 0.00000121. The van der Waals surface area contributed by atoms with Crippen LogP contribution in [0.25, 0.3) is 0 Å². The van der Waals surface area contributed by atoms with E-state index in [0.29, 0.717) is 5.92 Å². The number of nitrogens with two attached hydrogens (primary N) is 1. The third kappa shape index (κ3) is 7.07. The van der Waals surface area contributed by atoms with Gasteiger partial charge in [0.1, 0.15) is 12.8 Å². The molecule has 100 valence electrons. The molecule has 17 heavy (non-hydrogen) atoms. The number of amides is 1. The number of nitrogens with one attached hydrogen (secondary N) is 1. The zero-order valence-electron chi connectivity index (χ0n) is 10.6. The van der Waals surface area contributed by atoms with Gasteiger partial charge < -0.3 is 20.6 Å². The van der Waals surface area contributed by atoms with E-state index < -0.39 is 6.04 Å². The maximum absolute atomic E-state index is 11.5. The molecule has 1 amide bonds. The summed E-state index contributed by atoms with van der Waals surface area (Å²) in [5.74, 6) is 0.555. The number of carbonyl (C=O) groups excluding carboxylic acids is 2. The monoisotopic (exact) mass is 244 g/mol. The van der Waals surface area contributed by atoms with Crippen molar-refractivity contribution < 1.29 is 14.3 Å². The van der Waals surface area contributed by atoms with Crippen LogP contribution in [0, 0.1) is 5.92 Å². The van der Waals surface area contributed by atoms with Crippen LogP contribution in [0.5, 0.6) is 0 Å². The van der Waals surface area contributed by atoms with Gasteiger partial charge in [-0.15, -0.1) is 0 Å². The van der Waals surface area contributed by atoms with Crippen molar-refractivity contribution in [2.45, 2.75) is 38.1 Å². The first-order valence-electron chi connectivity index (χ1n) is 6.05. The third-order valence-electron chi connectivity index (χ3n) is 2.97. The lowest BCUT2D eigenvalue weighted by molar-refractivity contribution is -0.123. The second-order valence-corrected chi connectivity index (χ2v) is 4.31. The quantitative estimate of drug-likeness (QED) is 0.736. The van der Waals surface area contributed by atoms with Crippen molar-refractivity contribution in [3.63, 3.8) is 0 Å². The summed E-state index contributed by atoms with van der Waals surface area (Å²) in [5, 5.41) is 2.89. The molecule has 3 N–H and O–H groups in total. The Labute approximate surface area is 103 Å². The lowest BCUT2D eigenvalue weighted by Gasteiger charge is -2.22. The van der Waals surface area contributed by atoms with E-state index in [2.05, 4.69) is 5.32 Å². The van der Waals surface area contributed by atoms with Gasteiger partial charge in [0, 0.05) is 13.7 Å². The molecule has 1 fully saturated rings. The topological polar surface area (TPSA) is 81.4 Å². The predicted octanol–water partition coefficient (Wildman–Crippen LogP) is 0.472. The summed E-state index contributed by atoms with van der Waals surface area (Å²) in [6.07, 6.45) is 6.41. The SMILES string of the molecule is C=O.COCC(N)C(=O)NCC1CCCCC1. The normalized spacial score (nSPS) is 17.8. The third-order valence-corrected chi connectivity index (χ3v) is 2.97. The van der Waals surface area contributed by atoms with Gasteiger partial charge in [-0.25, -0.2) is 0 Å². The van der Waals surface area contributed by atoms with Crippen LogP contribution in [0.4, 0.5) is 0 Å². The number of carbonyl (C=O) groups is 2. The minimum absolute atomic E-state index is 0.0950. The first kappa shape index (κ1) is 16.1. The van der Waals surface area contributed by atoms with Crippen LogP contribution >= 0.6 is 0 Å². The fraction of sp³-hybridized carbons (Fsp3) is 0.833. The molecule has 0 saturated heterocycles. The molecule has 0 aliphatic heterocycles. The van der Waals surface area contributed by atoms with Crippen LogP contribution in [-0.4, -0.2) is 39.0 Å². The Kier molecular flexibility index (Phi) is 9.66. The highest BCUT2D eigenvalue weighted by atomic mass is 16.5. The van der Waals surface area contributed by atoms with Crippen LogP contribution in [0.3, 0.4) is 0 Å². The molecular weight excluding hydrogens is 220 g/mol. The van der Waals surface area contributed by atoms with E-state index in [1.165, 1.54) is 32.1 Å². The molecule has 1 atom stereocenters. The Hall–Kier alpha value is -0.940. The molecule has 5 heteroatoms. The molecule has 5 nitrogen and oxygen atoms in total. The number of rotatable bonds is 5. The lowest BCUT2D eigenvalue weighted by Crippen LogP contribution is -2.45. The minimum atomic E-state index is -0.529. The van der Waals surface area contributed by atoms with E-state index in [0.717, 1.165) is 6.54 Å². The number of ether oxygens (including phenoxy) is 1. The molecule has 0 heterocycles. The van der Waals surface area contributed by atoms with Gasteiger partial charge in [-0.3, -0.25) is 4.79 Å². The fourth-order valence-electron chi connectivity index (χ4n) is 2.02. The maximum Gasteiger partial charge on any atom is 0.239 e. The van der Waals surface area contributed by atoms with E-state index in [4.69, 9.17) is 15.3 Å². The van der Waals surface area contributed by atoms with Gasteiger partial charge in [0.15, 0.2) is 0 Å². The van der Waals surface area contributed by atoms with Crippen molar-refractivity contribution in [3.05, 3.63) is 0 Å². The van der Waals surface area contributed by atoms with Crippen LogP contribution in [0.1, 0.15) is 32.1 Å². The molecule has 0 spiro atoms. The van der Waals surface area contributed by atoms with Crippen molar-refractivity contribution >= 4 is 12.7 Å². The molecule has 0 aromatic heterocycles. The van der Waals surface area contributed by atoms with E-state index in [9.17, 15) is 4.79 Å². The molecule has 0 radical (unpaired) electrons. The number of hydrogen-bond donors (Lipinski definition) is 2. The highest BCUT2D eigenvalue weighted by Crippen LogP contribution is 2.22. The molecule has 1 saturated carbocycles. The number of hydrogen-bond acceptors (Lipinski definition) is 4. The van der Waals surface area contributed by atoms with Gasteiger partial charge in [-0.1, -0.05) is 19.3 Å². The summed E-state index contributed by atoms with van der Waals surface area (Å²) in [6, 6.07) is -0.529. The van der Waals surface area contributed by atoms with E-state index in [1.807, 2.05) is 6.79 Å².